The molecule has 0 aliphatic carbocycles. The zero-order chi connectivity index (χ0) is 11.7. The fourth-order valence-corrected chi connectivity index (χ4v) is 1.22. The van der Waals surface area contributed by atoms with E-state index in [-0.39, 0.29) is 11.5 Å². The molecule has 0 spiro atoms. The van der Waals surface area contributed by atoms with Gasteiger partial charge in [-0.1, -0.05) is 6.92 Å². The highest BCUT2D eigenvalue weighted by atomic mass is 16.5. The second kappa shape index (κ2) is 7.65. The van der Waals surface area contributed by atoms with Crippen LogP contribution in [0.15, 0.2) is 0 Å². The maximum atomic E-state index is 11.4. The monoisotopic (exact) mass is 216 g/mol. The molecule has 0 saturated carbocycles. The van der Waals surface area contributed by atoms with Crippen molar-refractivity contribution >= 4 is 5.91 Å². The molecule has 0 heterocycles. The summed E-state index contributed by atoms with van der Waals surface area (Å²) < 4.78 is 5.48. The first-order valence-corrected chi connectivity index (χ1v) is 5.63. The summed E-state index contributed by atoms with van der Waals surface area (Å²) in [5.41, 5.74) is -0.275. The van der Waals surface area contributed by atoms with Crippen molar-refractivity contribution in [3.63, 3.8) is 0 Å². The summed E-state index contributed by atoms with van der Waals surface area (Å²) in [5, 5.41) is 5.97. The molecule has 0 aromatic rings. The molecule has 0 bridgehead atoms. The van der Waals surface area contributed by atoms with Crippen molar-refractivity contribution in [3.05, 3.63) is 0 Å². The average Bonchev–Trinajstić information content (AvgIpc) is 2.15. The fourth-order valence-electron chi connectivity index (χ4n) is 1.22. The highest BCUT2D eigenvalue weighted by Gasteiger charge is 2.18. The van der Waals surface area contributed by atoms with Gasteiger partial charge >= 0.3 is 0 Å². The van der Waals surface area contributed by atoms with Gasteiger partial charge in [0.1, 0.15) is 0 Å². The Balaban J connectivity index is 3.60. The lowest BCUT2D eigenvalue weighted by Gasteiger charge is -2.24. The van der Waals surface area contributed by atoms with Crippen LogP contribution in [0.4, 0.5) is 0 Å². The number of rotatable bonds is 8. The highest BCUT2D eigenvalue weighted by Crippen LogP contribution is 2.06. The van der Waals surface area contributed by atoms with Crippen molar-refractivity contribution in [2.45, 2.75) is 39.7 Å². The molecule has 0 aliphatic heterocycles. The molecule has 0 unspecified atom stereocenters. The molecule has 0 radical (unpaired) electrons. The lowest BCUT2D eigenvalue weighted by molar-refractivity contribution is -0.122. The molecule has 4 nitrogen and oxygen atoms in total. The number of nitrogens with one attached hydrogen (secondary N) is 2. The number of carbonyl (C=O) groups is 1. The van der Waals surface area contributed by atoms with E-state index in [1.807, 2.05) is 27.7 Å². The van der Waals surface area contributed by atoms with Crippen molar-refractivity contribution < 1.29 is 9.53 Å². The minimum Gasteiger partial charge on any atom is -0.374 e. The summed E-state index contributed by atoms with van der Waals surface area (Å²) in [5.74, 6) is 0.0729. The molecule has 1 amide bonds. The van der Waals surface area contributed by atoms with Gasteiger partial charge in [0.2, 0.25) is 5.91 Å². The zero-order valence-corrected chi connectivity index (χ0v) is 10.4. The molecule has 0 aromatic heterocycles. The van der Waals surface area contributed by atoms with E-state index in [0.29, 0.717) is 19.6 Å². The van der Waals surface area contributed by atoms with Crippen LogP contribution in [0.2, 0.25) is 0 Å². The first-order valence-electron chi connectivity index (χ1n) is 5.63. The Morgan fingerprint density at radius 2 is 2.00 bits per heavy atom. The fraction of sp³-hybridized carbons (Fsp3) is 0.909. The number of hydrogen-bond donors (Lipinski definition) is 2. The van der Waals surface area contributed by atoms with Crippen molar-refractivity contribution in [1.29, 1.82) is 0 Å². The normalized spacial score (nSPS) is 11.5. The third-order valence-electron chi connectivity index (χ3n) is 2.03. The summed E-state index contributed by atoms with van der Waals surface area (Å²) in [7, 11) is 0. The van der Waals surface area contributed by atoms with Gasteiger partial charge in [0, 0.05) is 26.1 Å². The van der Waals surface area contributed by atoms with Crippen molar-refractivity contribution in [2.24, 2.45) is 0 Å². The number of amides is 1. The van der Waals surface area contributed by atoms with Crippen LogP contribution in [-0.4, -0.2) is 37.7 Å². The molecule has 0 fully saturated rings. The second-order valence-corrected chi connectivity index (χ2v) is 4.07. The van der Waals surface area contributed by atoms with E-state index in [2.05, 4.69) is 10.6 Å². The Hall–Kier alpha value is -0.610. The third kappa shape index (κ3) is 8.39. The molecule has 15 heavy (non-hydrogen) atoms. The molecule has 4 heteroatoms. The predicted octanol–water partition coefficient (Wildman–Crippen LogP) is 0.917. The van der Waals surface area contributed by atoms with Gasteiger partial charge in [-0.15, -0.1) is 0 Å². The van der Waals surface area contributed by atoms with E-state index in [4.69, 9.17) is 4.74 Å². The van der Waals surface area contributed by atoms with E-state index in [0.717, 1.165) is 13.1 Å². The van der Waals surface area contributed by atoms with Crippen LogP contribution in [0, 0.1) is 0 Å². The van der Waals surface area contributed by atoms with E-state index >= 15 is 0 Å². The summed E-state index contributed by atoms with van der Waals surface area (Å²) in [4.78, 5) is 11.4. The van der Waals surface area contributed by atoms with E-state index in [1.54, 1.807) is 0 Å². The van der Waals surface area contributed by atoms with E-state index in [9.17, 15) is 4.79 Å². The van der Waals surface area contributed by atoms with Crippen LogP contribution in [0.3, 0.4) is 0 Å². The number of hydrogen-bond acceptors (Lipinski definition) is 3. The smallest absolute Gasteiger partial charge is 0.221 e. The topological polar surface area (TPSA) is 50.4 Å². The second-order valence-electron chi connectivity index (χ2n) is 4.07. The Kier molecular flexibility index (Phi) is 7.34. The van der Waals surface area contributed by atoms with Gasteiger partial charge in [0.15, 0.2) is 0 Å². The van der Waals surface area contributed by atoms with Crippen LogP contribution in [0.25, 0.3) is 0 Å². The van der Waals surface area contributed by atoms with Crippen LogP contribution < -0.4 is 10.6 Å². The maximum Gasteiger partial charge on any atom is 0.221 e. The molecule has 0 atom stereocenters. The van der Waals surface area contributed by atoms with Crippen molar-refractivity contribution in [3.8, 4) is 0 Å². The summed E-state index contributed by atoms with van der Waals surface area (Å²) in [6, 6.07) is 0. The minimum absolute atomic E-state index is 0.0729. The van der Waals surface area contributed by atoms with Crippen molar-refractivity contribution in [1.82, 2.24) is 10.6 Å². The molecule has 2 N–H and O–H groups in total. The molecule has 0 saturated heterocycles. The maximum absolute atomic E-state index is 11.4. The van der Waals surface area contributed by atoms with Gasteiger partial charge in [0.05, 0.1) is 5.60 Å². The molecular formula is C11H24N2O2. The largest absolute Gasteiger partial charge is 0.374 e. The predicted molar refractivity (Wildman–Crippen MR) is 61.9 cm³/mol. The Morgan fingerprint density at radius 3 is 2.53 bits per heavy atom. The van der Waals surface area contributed by atoms with Gasteiger partial charge in [-0.25, -0.2) is 0 Å². The molecule has 0 rings (SSSR count). The van der Waals surface area contributed by atoms with Crippen LogP contribution in [-0.2, 0) is 9.53 Å². The Labute approximate surface area is 92.8 Å². The lowest BCUT2D eigenvalue weighted by Crippen LogP contribution is -2.41. The van der Waals surface area contributed by atoms with Gasteiger partial charge in [-0.2, -0.15) is 0 Å². The van der Waals surface area contributed by atoms with Crippen LogP contribution >= 0.6 is 0 Å². The first kappa shape index (κ1) is 14.4. The quantitative estimate of drug-likeness (QED) is 0.593. The standard InChI is InChI=1S/C11H24N2O2/c1-5-12-8-7-10(14)13-9-11(3,4)15-6-2/h12H,5-9H2,1-4H3,(H,13,14). The van der Waals surface area contributed by atoms with Crippen molar-refractivity contribution in [2.75, 3.05) is 26.2 Å². The molecule has 0 aromatic carbocycles. The molecule has 0 aliphatic rings. The Bertz CT molecular complexity index is 181. The van der Waals surface area contributed by atoms with Crippen LogP contribution in [0.1, 0.15) is 34.1 Å². The highest BCUT2D eigenvalue weighted by molar-refractivity contribution is 5.76. The first-order chi connectivity index (χ1) is 7.02. The van der Waals surface area contributed by atoms with Crippen LogP contribution in [0.5, 0.6) is 0 Å². The molecular weight excluding hydrogens is 192 g/mol. The van der Waals surface area contributed by atoms with Gasteiger partial charge in [-0.3, -0.25) is 4.79 Å². The van der Waals surface area contributed by atoms with Gasteiger partial charge in [-0.05, 0) is 27.3 Å². The third-order valence-corrected chi connectivity index (χ3v) is 2.03. The summed E-state index contributed by atoms with van der Waals surface area (Å²) in [6.45, 7) is 10.8. The van der Waals surface area contributed by atoms with Gasteiger partial charge in [0.25, 0.3) is 0 Å². The lowest BCUT2D eigenvalue weighted by atomic mass is 10.1. The number of ether oxygens (including phenoxy) is 1. The minimum atomic E-state index is -0.275. The Morgan fingerprint density at radius 1 is 1.33 bits per heavy atom. The summed E-state index contributed by atoms with van der Waals surface area (Å²) in [6.07, 6.45) is 0.524. The van der Waals surface area contributed by atoms with Gasteiger partial charge < -0.3 is 15.4 Å². The molecule has 90 valence electrons. The SMILES string of the molecule is CCNCCC(=O)NCC(C)(C)OCC. The number of carbonyl (C=O) groups excluding carboxylic acids is 1. The average molecular weight is 216 g/mol. The zero-order valence-electron chi connectivity index (χ0n) is 10.4. The van der Waals surface area contributed by atoms with E-state index < -0.39 is 0 Å². The summed E-state index contributed by atoms with van der Waals surface area (Å²) >= 11 is 0. The van der Waals surface area contributed by atoms with E-state index in [1.165, 1.54) is 0 Å².